The number of hydrogen-bond acceptors (Lipinski definition) is 5. The van der Waals surface area contributed by atoms with Gasteiger partial charge in [-0.1, -0.05) is 30.3 Å². The molecule has 4 rings (SSSR count). The van der Waals surface area contributed by atoms with Crippen molar-refractivity contribution < 1.29 is 13.2 Å². The highest BCUT2D eigenvalue weighted by molar-refractivity contribution is 7.98. The third-order valence-electron chi connectivity index (χ3n) is 5.51. The van der Waals surface area contributed by atoms with Gasteiger partial charge in [0, 0.05) is 22.9 Å². The van der Waals surface area contributed by atoms with Crippen LogP contribution in [-0.2, 0) is 9.84 Å². The maximum absolute atomic E-state index is 13.1. The Morgan fingerprint density at radius 3 is 2.39 bits per heavy atom. The first-order chi connectivity index (χ1) is 15.0. The average Bonchev–Trinajstić information content (AvgIpc) is 3.34. The summed E-state index contributed by atoms with van der Waals surface area (Å²) in [6, 6.07) is 18.6. The molecule has 0 spiro atoms. The zero-order valence-corrected chi connectivity index (χ0v) is 19.6. The third kappa shape index (κ3) is 4.81. The topological polar surface area (TPSA) is 66.5 Å². The van der Waals surface area contributed by atoms with Crippen molar-refractivity contribution in [3.8, 4) is 10.4 Å². The highest BCUT2D eigenvalue weighted by atomic mass is 32.2. The molecule has 1 aromatic heterocycles. The molecule has 1 aliphatic heterocycles. The zero-order valence-electron chi connectivity index (χ0n) is 17.2. The average molecular weight is 473 g/mol. The van der Waals surface area contributed by atoms with E-state index in [1.807, 2.05) is 60.2 Å². The lowest BCUT2D eigenvalue weighted by molar-refractivity contribution is 0.200. The van der Waals surface area contributed by atoms with Gasteiger partial charge in [0.15, 0.2) is 9.84 Å². The van der Waals surface area contributed by atoms with Crippen molar-refractivity contribution in [3.63, 3.8) is 0 Å². The maximum atomic E-state index is 13.1. The van der Waals surface area contributed by atoms with Gasteiger partial charge in [-0.3, -0.25) is 0 Å². The highest BCUT2D eigenvalue weighted by Crippen LogP contribution is 2.30. The molecule has 1 fully saturated rings. The Morgan fingerprint density at radius 1 is 1.03 bits per heavy atom. The first kappa shape index (κ1) is 21.9. The lowest BCUT2D eigenvalue weighted by Crippen LogP contribution is -2.44. The van der Waals surface area contributed by atoms with E-state index in [0.29, 0.717) is 30.8 Å². The Kier molecular flexibility index (Phi) is 6.69. The smallest absolute Gasteiger partial charge is 0.321 e. The molecule has 1 N–H and O–H groups in total. The van der Waals surface area contributed by atoms with Gasteiger partial charge in [0.05, 0.1) is 15.8 Å². The fourth-order valence-electron chi connectivity index (χ4n) is 3.76. The molecule has 8 heteroatoms. The van der Waals surface area contributed by atoms with E-state index in [9.17, 15) is 13.2 Å². The fraction of sp³-hybridized carbons (Fsp3) is 0.261. The van der Waals surface area contributed by atoms with E-state index < -0.39 is 15.1 Å². The molecule has 2 aromatic carbocycles. The second kappa shape index (κ2) is 9.46. The van der Waals surface area contributed by atoms with Crippen LogP contribution >= 0.6 is 23.1 Å². The molecule has 1 saturated heterocycles. The Labute approximate surface area is 191 Å². The lowest BCUT2D eigenvalue weighted by Gasteiger charge is -2.32. The summed E-state index contributed by atoms with van der Waals surface area (Å²) in [6.45, 7) is 0.842. The Balaban J connectivity index is 1.39. The number of thiophene rings is 1. The molecule has 0 bridgehead atoms. The molecule has 0 atom stereocenters. The first-order valence-corrected chi connectivity index (χ1v) is 13.7. The first-order valence-electron chi connectivity index (χ1n) is 10.1. The second-order valence-corrected chi connectivity index (χ2v) is 11.4. The second-order valence-electron chi connectivity index (χ2n) is 7.36. The summed E-state index contributed by atoms with van der Waals surface area (Å²) in [5, 5.41) is 4.49. The number of anilines is 1. The van der Waals surface area contributed by atoms with Crippen molar-refractivity contribution in [2.75, 3.05) is 24.7 Å². The number of carbonyl (C=O) groups is 1. The van der Waals surface area contributed by atoms with Crippen LogP contribution < -0.4 is 5.32 Å². The van der Waals surface area contributed by atoms with E-state index >= 15 is 0 Å². The summed E-state index contributed by atoms with van der Waals surface area (Å²) in [5.41, 5.74) is 1.80. The van der Waals surface area contributed by atoms with Crippen LogP contribution in [0.2, 0.25) is 0 Å². The van der Waals surface area contributed by atoms with E-state index in [2.05, 4.69) is 5.32 Å². The van der Waals surface area contributed by atoms with Crippen molar-refractivity contribution in [3.05, 3.63) is 66.0 Å². The minimum atomic E-state index is -3.42. The van der Waals surface area contributed by atoms with Crippen LogP contribution in [0.1, 0.15) is 12.8 Å². The molecule has 162 valence electrons. The number of sulfone groups is 1. The number of benzene rings is 2. The molecule has 2 amide bonds. The van der Waals surface area contributed by atoms with Gasteiger partial charge < -0.3 is 10.2 Å². The summed E-state index contributed by atoms with van der Waals surface area (Å²) >= 11 is 3.20. The molecule has 0 aliphatic carbocycles. The number of likely N-dealkylation sites (tertiary alicyclic amines) is 1. The number of para-hydroxylation sites is 1. The van der Waals surface area contributed by atoms with Gasteiger partial charge in [-0.15, -0.1) is 23.1 Å². The number of hydrogen-bond donors (Lipinski definition) is 1. The van der Waals surface area contributed by atoms with Crippen LogP contribution in [0.15, 0.2) is 75.8 Å². The van der Waals surface area contributed by atoms with Crippen molar-refractivity contribution in [1.29, 1.82) is 0 Å². The minimum Gasteiger partial charge on any atom is -0.324 e. The predicted molar refractivity (Wildman–Crippen MR) is 129 cm³/mol. The van der Waals surface area contributed by atoms with Crippen molar-refractivity contribution >= 4 is 44.7 Å². The molecule has 2 heterocycles. The van der Waals surface area contributed by atoms with Crippen molar-refractivity contribution in [2.24, 2.45) is 0 Å². The Hall–Kier alpha value is -2.29. The molecular formula is C23H24N2O3S3. The molecule has 0 radical (unpaired) electrons. The highest BCUT2D eigenvalue weighted by Gasteiger charge is 2.32. The van der Waals surface area contributed by atoms with Gasteiger partial charge in [0.25, 0.3) is 0 Å². The molecule has 0 unspecified atom stereocenters. The number of piperidine rings is 1. The van der Waals surface area contributed by atoms with E-state index in [-0.39, 0.29) is 6.03 Å². The Morgan fingerprint density at radius 2 is 1.74 bits per heavy atom. The van der Waals surface area contributed by atoms with Crippen molar-refractivity contribution in [2.45, 2.75) is 27.9 Å². The lowest BCUT2D eigenvalue weighted by atomic mass is 10.1. The normalized spacial score (nSPS) is 15.1. The third-order valence-corrected chi connectivity index (χ3v) is 9.50. The fourth-order valence-corrected chi connectivity index (χ4v) is 6.77. The summed E-state index contributed by atoms with van der Waals surface area (Å²) < 4.78 is 26.2. The van der Waals surface area contributed by atoms with Crippen LogP contribution in [0.5, 0.6) is 0 Å². The SMILES string of the molecule is CSc1ccccc1NC(=O)N1CCC(S(=O)(=O)c2ccc(-c3cccs3)cc2)CC1. The van der Waals surface area contributed by atoms with Crippen LogP contribution in [0, 0.1) is 0 Å². The van der Waals surface area contributed by atoms with Gasteiger partial charge in [-0.25, -0.2) is 13.2 Å². The standard InChI is InChI=1S/C23H24N2O3S3/c1-29-22-6-3-2-5-20(22)24-23(26)25-14-12-19(13-15-25)31(27,28)18-10-8-17(9-11-18)21-7-4-16-30-21/h2-11,16,19H,12-15H2,1H3,(H,24,26). The van der Waals surface area contributed by atoms with Crippen molar-refractivity contribution in [1.82, 2.24) is 4.90 Å². The zero-order chi connectivity index (χ0) is 21.8. The predicted octanol–water partition coefficient (Wildman–Crippen LogP) is 5.61. The molecule has 0 saturated carbocycles. The van der Waals surface area contributed by atoms with Gasteiger partial charge in [0.1, 0.15) is 0 Å². The maximum Gasteiger partial charge on any atom is 0.321 e. The van der Waals surface area contributed by atoms with E-state index in [1.54, 1.807) is 40.1 Å². The van der Waals surface area contributed by atoms with Gasteiger partial charge >= 0.3 is 6.03 Å². The quantitative estimate of drug-likeness (QED) is 0.490. The molecule has 31 heavy (non-hydrogen) atoms. The van der Waals surface area contributed by atoms with E-state index in [0.717, 1.165) is 21.0 Å². The summed E-state index contributed by atoms with van der Waals surface area (Å²) in [5.74, 6) is 0. The van der Waals surface area contributed by atoms with E-state index in [1.165, 1.54) is 0 Å². The number of carbonyl (C=O) groups excluding carboxylic acids is 1. The van der Waals surface area contributed by atoms with Crippen LogP contribution in [0.4, 0.5) is 10.5 Å². The van der Waals surface area contributed by atoms with Crippen LogP contribution in [0.3, 0.4) is 0 Å². The molecule has 1 aliphatic rings. The van der Waals surface area contributed by atoms with Crippen LogP contribution in [-0.4, -0.2) is 43.9 Å². The monoisotopic (exact) mass is 472 g/mol. The molecule has 3 aromatic rings. The summed E-state index contributed by atoms with van der Waals surface area (Å²) in [7, 11) is -3.42. The van der Waals surface area contributed by atoms with Gasteiger partial charge in [-0.2, -0.15) is 0 Å². The van der Waals surface area contributed by atoms with E-state index in [4.69, 9.17) is 0 Å². The largest absolute Gasteiger partial charge is 0.324 e. The number of nitrogens with one attached hydrogen (secondary N) is 1. The number of rotatable bonds is 5. The number of thioether (sulfide) groups is 1. The minimum absolute atomic E-state index is 0.183. The Bertz CT molecular complexity index is 1140. The van der Waals surface area contributed by atoms with Gasteiger partial charge in [-0.05, 0) is 60.4 Å². The number of amides is 2. The molecule has 5 nitrogen and oxygen atoms in total. The summed E-state index contributed by atoms with van der Waals surface area (Å²) in [6.07, 6.45) is 2.84. The van der Waals surface area contributed by atoms with Gasteiger partial charge in [0.2, 0.25) is 0 Å². The molecular weight excluding hydrogens is 448 g/mol. The number of urea groups is 1. The number of nitrogens with zero attached hydrogens (tertiary/aromatic N) is 1. The van der Waals surface area contributed by atoms with Crippen LogP contribution in [0.25, 0.3) is 10.4 Å². The summed E-state index contributed by atoms with van der Waals surface area (Å²) in [4.78, 5) is 16.8.